The van der Waals surface area contributed by atoms with Gasteiger partial charge < -0.3 is 5.11 Å². The summed E-state index contributed by atoms with van der Waals surface area (Å²) < 4.78 is 0. The molecule has 27 heavy (non-hydrogen) atoms. The van der Waals surface area contributed by atoms with Gasteiger partial charge >= 0.3 is 5.91 Å². The van der Waals surface area contributed by atoms with Crippen molar-refractivity contribution in [2.45, 2.75) is 13.0 Å². The predicted octanol–water partition coefficient (Wildman–Crippen LogP) is 2.87. The molecule has 3 heterocycles. The molecule has 1 fully saturated rings. The minimum Gasteiger partial charge on any atom is -0.507 e. The second-order valence-electron chi connectivity index (χ2n) is 5.92. The zero-order chi connectivity index (χ0) is 19.0. The number of carbonyl (C=O) groups excluding carboxylic acids is 2. The fraction of sp³-hybridized carbons (Fsp3) is 0.105. The highest BCUT2D eigenvalue weighted by Gasteiger charge is 2.48. The Hall–Kier alpha value is -3.39. The van der Waals surface area contributed by atoms with E-state index in [0.29, 0.717) is 21.3 Å². The molecule has 1 aliphatic heterocycles. The molecule has 1 aromatic carbocycles. The van der Waals surface area contributed by atoms with Gasteiger partial charge in [-0.2, -0.15) is 0 Å². The summed E-state index contributed by atoms with van der Waals surface area (Å²) in [6.45, 7) is 1.77. The van der Waals surface area contributed by atoms with E-state index in [1.165, 1.54) is 28.6 Å². The lowest BCUT2D eigenvalue weighted by molar-refractivity contribution is -0.132. The Labute approximate surface area is 158 Å². The van der Waals surface area contributed by atoms with Crippen molar-refractivity contribution in [2.75, 3.05) is 4.90 Å². The van der Waals surface area contributed by atoms with Crippen molar-refractivity contribution >= 4 is 33.9 Å². The van der Waals surface area contributed by atoms with Crippen molar-refractivity contribution in [3.8, 4) is 0 Å². The number of aliphatic hydroxyl groups is 1. The molecule has 8 heteroatoms. The van der Waals surface area contributed by atoms with E-state index in [0.717, 1.165) is 0 Å². The smallest absolute Gasteiger partial charge is 0.301 e. The Balaban J connectivity index is 1.94. The summed E-state index contributed by atoms with van der Waals surface area (Å²) in [5.74, 6) is -1.74. The normalized spacial score (nSPS) is 18.9. The van der Waals surface area contributed by atoms with Gasteiger partial charge in [-0.1, -0.05) is 41.7 Å². The number of aromatic nitrogens is 3. The fourth-order valence-electron chi connectivity index (χ4n) is 3.03. The van der Waals surface area contributed by atoms with Crippen molar-refractivity contribution in [2.24, 2.45) is 0 Å². The van der Waals surface area contributed by atoms with Crippen LogP contribution in [0, 0.1) is 6.92 Å². The molecule has 1 atom stereocenters. The second-order valence-corrected chi connectivity index (χ2v) is 7.08. The average molecular weight is 378 g/mol. The minimum atomic E-state index is -0.785. The topological polar surface area (TPSA) is 96.3 Å². The Kier molecular flexibility index (Phi) is 4.25. The van der Waals surface area contributed by atoms with Gasteiger partial charge in [-0.3, -0.25) is 19.5 Å². The van der Waals surface area contributed by atoms with Gasteiger partial charge in [0.25, 0.3) is 5.78 Å². The van der Waals surface area contributed by atoms with E-state index in [1.54, 1.807) is 31.2 Å². The fourth-order valence-corrected chi connectivity index (χ4v) is 3.74. The number of hydrogen-bond donors (Lipinski definition) is 1. The summed E-state index contributed by atoms with van der Waals surface area (Å²) in [6.07, 6.45) is 3.02. The highest BCUT2D eigenvalue weighted by molar-refractivity contribution is 7.15. The minimum absolute atomic E-state index is 0.0188. The van der Waals surface area contributed by atoms with Crippen molar-refractivity contribution in [1.82, 2.24) is 15.2 Å². The number of aliphatic hydroxyl groups excluding tert-OH is 1. The van der Waals surface area contributed by atoms with Crippen LogP contribution < -0.4 is 4.90 Å². The van der Waals surface area contributed by atoms with E-state index in [9.17, 15) is 14.7 Å². The van der Waals surface area contributed by atoms with Crippen LogP contribution in [-0.4, -0.2) is 32.0 Å². The van der Waals surface area contributed by atoms with E-state index in [-0.39, 0.29) is 11.3 Å². The first kappa shape index (κ1) is 17.0. The molecular weight excluding hydrogens is 364 g/mol. The summed E-state index contributed by atoms with van der Waals surface area (Å²) in [7, 11) is 0. The average Bonchev–Trinajstić information content (AvgIpc) is 3.24. The van der Waals surface area contributed by atoms with Gasteiger partial charge in [-0.25, -0.2) is 0 Å². The summed E-state index contributed by atoms with van der Waals surface area (Å²) in [5, 5.41) is 19.8. The number of anilines is 1. The van der Waals surface area contributed by atoms with Crippen LogP contribution in [0.2, 0.25) is 0 Å². The molecule has 1 amide bonds. The Morgan fingerprint density at radius 1 is 1.07 bits per heavy atom. The van der Waals surface area contributed by atoms with Crippen LogP contribution in [0.25, 0.3) is 5.76 Å². The van der Waals surface area contributed by atoms with E-state index >= 15 is 0 Å². The van der Waals surface area contributed by atoms with Gasteiger partial charge in [0.1, 0.15) is 10.8 Å². The zero-order valence-corrected chi connectivity index (χ0v) is 15.1. The first-order chi connectivity index (χ1) is 13.1. The van der Waals surface area contributed by atoms with Gasteiger partial charge in [-0.05, 0) is 24.6 Å². The highest BCUT2D eigenvalue weighted by atomic mass is 32.1. The lowest BCUT2D eigenvalue weighted by atomic mass is 9.96. The second kappa shape index (κ2) is 6.73. The van der Waals surface area contributed by atoms with E-state index in [2.05, 4.69) is 15.2 Å². The van der Waals surface area contributed by atoms with Gasteiger partial charge in [0.05, 0.1) is 11.6 Å². The molecule has 0 bridgehead atoms. The van der Waals surface area contributed by atoms with Crippen LogP contribution in [0.4, 0.5) is 5.13 Å². The van der Waals surface area contributed by atoms with Crippen LogP contribution in [0.15, 0.2) is 60.4 Å². The van der Waals surface area contributed by atoms with Gasteiger partial charge in [-0.15, -0.1) is 10.2 Å². The number of amides is 1. The van der Waals surface area contributed by atoms with E-state index in [1.807, 2.05) is 18.2 Å². The maximum Gasteiger partial charge on any atom is 0.301 e. The molecule has 0 radical (unpaired) electrons. The number of benzene rings is 1. The summed E-state index contributed by atoms with van der Waals surface area (Å²) in [5.41, 5.74) is 1.13. The summed E-state index contributed by atoms with van der Waals surface area (Å²) >= 11 is 1.22. The molecule has 2 aromatic heterocycles. The lowest BCUT2D eigenvalue weighted by Crippen LogP contribution is -2.29. The molecule has 134 valence electrons. The summed E-state index contributed by atoms with van der Waals surface area (Å²) in [4.78, 5) is 30.8. The van der Waals surface area contributed by atoms with Gasteiger partial charge in [0.2, 0.25) is 5.13 Å². The Morgan fingerprint density at radius 3 is 2.41 bits per heavy atom. The molecule has 3 aromatic rings. The monoisotopic (exact) mass is 378 g/mol. The van der Waals surface area contributed by atoms with E-state index in [4.69, 9.17) is 0 Å². The third-order valence-electron chi connectivity index (χ3n) is 4.23. The number of hydrogen-bond acceptors (Lipinski definition) is 7. The third-order valence-corrected chi connectivity index (χ3v) is 5.07. The van der Waals surface area contributed by atoms with Crippen LogP contribution in [-0.2, 0) is 9.59 Å². The third kappa shape index (κ3) is 2.89. The number of ketones is 1. The number of rotatable bonds is 3. The quantitative estimate of drug-likeness (QED) is 0.428. The standard InChI is InChI=1S/C19H14N4O3S/c1-11-21-22-19(27-11)23-15(12-5-3-2-4-6-12)14(17(25)18(23)26)16(24)13-7-9-20-10-8-13/h2-10,15,24H,1H3. The zero-order valence-electron chi connectivity index (χ0n) is 14.2. The molecule has 1 N–H and O–H groups in total. The predicted molar refractivity (Wildman–Crippen MR) is 100 cm³/mol. The van der Waals surface area contributed by atoms with Crippen LogP contribution in [0.3, 0.4) is 0 Å². The molecule has 1 aliphatic rings. The Bertz CT molecular complexity index is 1050. The molecule has 0 spiro atoms. The first-order valence-electron chi connectivity index (χ1n) is 8.14. The van der Waals surface area contributed by atoms with Crippen molar-refractivity contribution in [3.05, 3.63) is 76.6 Å². The van der Waals surface area contributed by atoms with Gasteiger partial charge in [0.15, 0.2) is 0 Å². The summed E-state index contributed by atoms with van der Waals surface area (Å²) in [6, 6.07) is 11.5. The first-order valence-corrected chi connectivity index (χ1v) is 8.96. The Morgan fingerprint density at radius 2 is 1.78 bits per heavy atom. The lowest BCUT2D eigenvalue weighted by Gasteiger charge is -2.22. The van der Waals surface area contributed by atoms with Gasteiger partial charge in [0, 0.05) is 18.0 Å². The van der Waals surface area contributed by atoms with E-state index < -0.39 is 17.7 Å². The van der Waals surface area contributed by atoms with Crippen molar-refractivity contribution in [1.29, 1.82) is 0 Å². The number of aryl methyl sites for hydroxylation is 1. The molecule has 0 saturated carbocycles. The van der Waals surface area contributed by atoms with Crippen LogP contribution in [0.5, 0.6) is 0 Å². The maximum absolute atomic E-state index is 12.8. The maximum atomic E-state index is 12.8. The molecular formula is C19H14N4O3S. The molecule has 1 unspecified atom stereocenters. The number of pyridine rings is 1. The largest absolute Gasteiger partial charge is 0.507 e. The van der Waals surface area contributed by atoms with Crippen LogP contribution in [0.1, 0.15) is 22.2 Å². The molecule has 7 nitrogen and oxygen atoms in total. The molecule has 4 rings (SSSR count). The van der Waals surface area contributed by atoms with Crippen molar-refractivity contribution < 1.29 is 14.7 Å². The van der Waals surface area contributed by atoms with Crippen molar-refractivity contribution in [3.63, 3.8) is 0 Å². The number of Topliss-reactive ketones (excluding diaryl/α,β-unsaturated/α-hetero) is 1. The number of carbonyl (C=O) groups is 2. The molecule has 1 saturated heterocycles. The SMILES string of the molecule is Cc1nnc(N2C(=O)C(=O)C(=C(O)c3ccncc3)C2c2ccccc2)s1. The van der Waals surface area contributed by atoms with Crippen LogP contribution >= 0.6 is 11.3 Å². The highest BCUT2D eigenvalue weighted by Crippen LogP contribution is 2.42. The number of nitrogens with zero attached hydrogens (tertiary/aromatic N) is 4. The molecule has 0 aliphatic carbocycles.